The Morgan fingerprint density at radius 2 is 2.11 bits per heavy atom. The van der Waals surface area contributed by atoms with Gasteiger partial charge in [-0.1, -0.05) is 13.3 Å². The normalized spacial score (nSPS) is 39.9. The number of hydrogen-bond acceptors (Lipinski definition) is 4. The van der Waals surface area contributed by atoms with Crippen LogP contribution in [0, 0.1) is 17.8 Å². The van der Waals surface area contributed by atoms with E-state index in [0.717, 1.165) is 19.3 Å². The maximum Gasteiger partial charge on any atom is 0.309 e. The fraction of sp³-hybridized carbons (Fsp3) is 0.846. The topological polar surface area (TPSA) is 55.8 Å². The Balaban J connectivity index is 1.91. The number of esters is 1. The zero-order valence-electron chi connectivity index (χ0n) is 10.6. The first-order valence-electron chi connectivity index (χ1n) is 6.84. The number of cyclic esters (lactones) is 1. The molecule has 0 bridgehead atoms. The Hall–Kier alpha value is -1.10. The lowest BCUT2D eigenvalue weighted by atomic mass is 9.71. The molecule has 100 valence electrons. The maximum absolute atomic E-state index is 12.1. The highest BCUT2D eigenvalue weighted by atomic mass is 16.7. The van der Waals surface area contributed by atoms with Crippen molar-refractivity contribution in [3.8, 4) is 0 Å². The van der Waals surface area contributed by atoms with E-state index in [2.05, 4.69) is 6.92 Å². The van der Waals surface area contributed by atoms with Crippen molar-refractivity contribution in [3.05, 3.63) is 0 Å². The number of nitrogens with zero attached hydrogens (tertiary/aromatic N) is 1. The van der Waals surface area contributed by atoms with Gasteiger partial charge in [-0.05, 0) is 24.7 Å². The molecule has 3 heterocycles. The quantitative estimate of drug-likeness (QED) is 0.657. The number of hydroxylamine groups is 2. The SMILES string of the molecule is CCC1CCON2C(=O)CC3C(=O)OCCC3C12. The van der Waals surface area contributed by atoms with E-state index in [9.17, 15) is 9.59 Å². The number of amides is 1. The molecule has 3 aliphatic heterocycles. The second-order valence-corrected chi connectivity index (χ2v) is 5.43. The predicted molar refractivity (Wildman–Crippen MR) is 62.2 cm³/mol. The second-order valence-electron chi connectivity index (χ2n) is 5.43. The Morgan fingerprint density at radius 1 is 1.28 bits per heavy atom. The van der Waals surface area contributed by atoms with E-state index in [0.29, 0.717) is 19.1 Å². The molecule has 0 aromatic carbocycles. The molecule has 1 amide bonds. The van der Waals surface area contributed by atoms with Gasteiger partial charge in [-0.2, -0.15) is 0 Å². The molecular formula is C13H19NO4. The van der Waals surface area contributed by atoms with Crippen LogP contribution >= 0.6 is 0 Å². The van der Waals surface area contributed by atoms with Gasteiger partial charge in [0, 0.05) is 6.42 Å². The summed E-state index contributed by atoms with van der Waals surface area (Å²) in [4.78, 5) is 29.4. The standard InChI is InChI=1S/C13H19NO4/c1-2-8-3-6-18-14-11(15)7-10-9(12(8)14)4-5-17-13(10)16/h8-10,12H,2-7H2,1H3. The van der Waals surface area contributed by atoms with E-state index in [1.807, 2.05) is 0 Å². The van der Waals surface area contributed by atoms with E-state index in [4.69, 9.17) is 9.57 Å². The van der Waals surface area contributed by atoms with Gasteiger partial charge in [-0.15, -0.1) is 0 Å². The Bertz CT molecular complexity index is 370. The molecule has 0 aliphatic carbocycles. The van der Waals surface area contributed by atoms with Gasteiger partial charge in [0.05, 0.1) is 25.2 Å². The van der Waals surface area contributed by atoms with Crippen molar-refractivity contribution in [3.63, 3.8) is 0 Å². The summed E-state index contributed by atoms with van der Waals surface area (Å²) < 4.78 is 5.09. The third kappa shape index (κ3) is 1.72. The van der Waals surface area contributed by atoms with E-state index < -0.39 is 0 Å². The van der Waals surface area contributed by atoms with Crippen molar-refractivity contribution in [2.45, 2.75) is 38.6 Å². The second kappa shape index (κ2) is 4.53. The van der Waals surface area contributed by atoms with Crippen LogP contribution in [0.1, 0.15) is 32.6 Å². The molecular weight excluding hydrogens is 234 g/mol. The third-order valence-corrected chi connectivity index (χ3v) is 4.59. The summed E-state index contributed by atoms with van der Waals surface area (Å²) in [5.41, 5.74) is 0. The average Bonchev–Trinajstić information content (AvgIpc) is 2.40. The first-order valence-corrected chi connectivity index (χ1v) is 6.84. The number of carbonyl (C=O) groups excluding carboxylic acids is 2. The summed E-state index contributed by atoms with van der Waals surface area (Å²) >= 11 is 0. The summed E-state index contributed by atoms with van der Waals surface area (Å²) in [6, 6.07) is 0.0721. The van der Waals surface area contributed by atoms with Gasteiger partial charge in [0.15, 0.2) is 0 Å². The van der Waals surface area contributed by atoms with E-state index in [1.165, 1.54) is 0 Å². The molecule has 5 nitrogen and oxygen atoms in total. The lowest BCUT2D eigenvalue weighted by Crippen LogP contribution is -2.60. The van der Waals surface area contributed by atoms with Crippen molar-refractivity contribution >= 4 is 11.9 Å². The van der Waals surface area contributed by atoms with Crippen molar-refractivity contribution in [1.82, 2.24) is 5.06 Å². The highest BCUT2D eigenvalue weighted by molar-refractivity contribution is 5.85. The first-order chi connectivity index (χ1) is 8.72. The highest BCUT2D eigenvalue weighted by Gasteiger charge is 2.51. The van der Waals surface area contributed by atoms with Crippen LogP contribution in [0.5, 0.6) is 0 Å². The Morgan fingerprint density at radius 3 is 2.89 bits per heavy atom. The van der Waals surface area contributed by atoms with Crippen molar-refractivity contribution in [2.75, 3.05) is 13.2 Å². The van der Waals surface area contributed by atoms with Crippen molar-refractivity contribution < 1.29 is 19.2 Å². The van der Waals surface area contributed by atoms with E-state index >= 15 is 0 Å². The van der Waals surface area contributed by atoms with Crippen LogP contribution in [0.25, 0.3) is 0 Å². The number of fused-ring (bicyclic) bond motifs is 3. The first kappa shape index (κ1) is 12.0. The zero-order chi connectivity index (χ0) is 12.7. The van der Waals surface area contributed by atoms with Crippen LogP contribution in [0.4, 0.5) is 0 Å². The molecule has 3 fully saturated rings. The Kier molecular flexibility index (Phi) is 3.01. The summed E-state index contributed by atoms with van der Waals surface area (Å²) in [5, 5.41) is 1.57. The Labute approximate surface area is 106 Å². The molecule has 18 heavy (non-hydrogen) atoms. The monoisotopic (exact) mass is 253 g/mol. The molecule has 0 aromatic rings. The largest absolute Gasteiger partial charge is 0.465 e. The van der Waals surface area contributed by atoms with E-state index in [1.54, 1.807) is 5.06 Å². The minimum atomic E-state index is -0.247. The van der Waals surface area contributed by atoms with Gasteiger partial charge in [-0.3, -0.25) is 14.4 Å². The maximum atomic E-state index is 12.1. The molecule has 5 heteroatoms. The van der Waals surface area contributed by atoms with Crippen molar-refractivity contribution in [1.29, 1.82) is 0 Å². The van der Waals surface area contributed by atoms with Crippen molar-refractivity contribution in [2.24, 2.45) is 17.8 Å². The smallest absolute Gasteiger partial charge is 0.309 e. The summed E-state index contributed by atoms with van der Waals surface area (Å²) in [6.45, 7) is 3.24. The molecule has 0 spiro atoms. The molecule has 3 saturated heterocycles. The fourth-order valence-electron chi connectivity index (χ4n) is 3.66. The number of hydrogen-bond donors (Lipinski definition) is 0. The van der Waals surface area contributed by atoms with Gasteiger partial charge < -0.3 is 4.74 Å². The van der Waals surface area contributed by atoms with Crippen LogP contribution in [0.3, 0.4) is 0 Å². The minimum absolute atomic E-state index is 0.0572. The van der Waals surface area contributed by atoms with Crippen LogP contribution in [-0.4, -0.2) is 36.2 Å². The van der Waals surface area contributed by atoms with Gasteiger partial charge >= 0.3 is 5.97 Å². The predicted octanol–water partition coefficient (Wildman–Crippen LogP) is 1.13. The number of carbonyl (C=O) groups is 2. The molecule has 3 rings (SSSR count). The van der Waals surface area contributed by atoms with Crippen LogP contribution in [-0.2, 0) is 19.2 Å². The molecule has 0 radical (unpaired) electrons. The number of piperidine rings is 1. The number of rotatable bonds is 1. The summed E-state index contributed by atoms with van der Waals surface area (Å²) in [7, 11) is 0. The lowest BCUT2D eigenvalue weighted by molar-refractivity contribution is -0.253. The molecule has 0 aromatic heterocycles. The van der Waals surface area contributed by atoms with Crippen LogP contribution in [0.2, 0.25) is 0 Å². The summed E-state index contributed by atoms with van der Waals surface area (Å²) in [6.07, 6.45) is 3.10. The highest BCUT2D eigenvalue weighted by Crippen LogP contribution is 2.42. The molecule has 3 aliphatic rings. The molecule has 0 N–H and O–H groups in total. The molecule has 4 atom stereocenters. The molecule has 0 saturated carbocycles. The van der Waals surface area contributed by atoms with Gasteiger partial charge in [0.25, 0.3) is 0 Å². The van der Waals surface area contributed by atoms with Gasteiger partial charge in [-0.25, -0.2) is 5.06 Å². The average molecular weight is 253 g/mol. The van der Waals surface area contributed by atoms with Gasteiger partial charge in [0.1, 0.15) is 0 Å². The lowest BCUT2D eigenvalue weighted by Gasteiger charge is -2.50. The van der Waals surface area contributed by atoms with Gasteiger partial charge in [0.2, 0.25) is 5.91 Å². The van der Waals surface area contributed by atoms with E-state index in [-0.39, 0.29) is 36.2 Å². The zero-order valence-corrected chi connectivity index (χ0v) is 10.6. The number of ether oxygens (including phenoxy) is 1. The third-order valence-electron chi connectivity index (χ3n) is 4.59. The van der Waals surface area contributed by atoms with Crippen LogP contribution in [0.15, 0.2) is 0 Å². The minimum Gasteiger partial charge on any atom is -0.465 e. The fourth-order valence-corrected chi connectivity index (χ4v) is 3.66. The van der Waals surface area contributed by atoms with Crippen LogP contribution < -0.4 is 0 Å². The summed E-state index contributed by atoms with van der Waals surface area (Å²) in [5.74, 6) is 0.164. The molecule has 4 unspecified atom stereocenters.